The van der Waals surface area contributed by atoms with Crippen LogP contribution in [0.1, 0.15) is 11.1 Å². The van der Waals surface area contributed by atoms with Crippen LogP contribution in [0.4, 0.5) is 13.2 Å². The van der Waals surface area contributed by atoms with E-state index in [9.17, 15) is 26.4 Å². The maximum Gasteiger partial charge on any atom is 0.416 e. The van der Waals surface area contributed by atoms with Crippen LogP contribution in [-0.2, 0) is 26.7 Å². The molecule has 0 atom stereocenters. The number of hydrogen-bond acceptors (Lipinski definition) is 3. The van der Waals surface area contributed by atoms with E-state index in [0.29, 0.717) is 0 Å². The lowest BCUT2D eigenvalue weighted by Gasteiger charge is -2.19. The molecule has 0 heterocycles. The minimum atomic E-state index is -4.56. The first-order valence-electron chi connectivity index (χ1n) is 6.09. The number of amides is 1. The summed E-state index contributed by atoms with van der Waals surface area (Å²) in [5, 5.41) is 0. The van der Waals surface area contributed by atoms with Crippen LogP contribution in [0.5, 0.6) is 0 Å². The van der Waals surface area contributed by atoms with E-state index in [2.05, 4.69) is 6.58 Å². The molecule has 0 aliphatic rings. The third-order valence-corrected chi connectivity index (χ3v) is 4.42. The molecule has 0 saturated heterocycles. The summed E-state index contributed by atoms with van der Waals surface area (Å²) in [5.74, 6) is -1.53. The average molecular weight is 336 g/mol. The Morgan fingerprint density at radius 1 is 1.36 bits per heavy atom. The predicted octanol–water partition coefficient (Wildman–Crippen LogP) is 1.51. The first-order chi connectivity index (χ1) is 10.1. The molecule has 0 unspecified atom stereocenters. The van der Waals surface area contributed by atoms with Gasteiger partial charge in [-0.25, -0.2) is 8.42 Å². The molecule has 1 aromatic carbocycles. The summed E-state index contributed by atoms with van der Waals surface area (Å²) in [6, 6.07) is 4.00. The maximum atomic E-state index is 12.6. The molecule has 0 saturated carbocycles. The molecule has 2 N–H and O–H groups in total. The number of primary amides is 1. The van der Waals surface area contributed by atoms with Gasteiger partial charge in [-0.2, -0.15) is 17.5 Å². The number of halogens is 3. The topological polar surface area (TPSA) is 80.5 Å². The van der Waals surface area contributed by atoms with Crippen LogP contribution < -0.4 is 5.73 Å². The summed E-state index contributed by atoms with van der Waals surface area (Å²) >= 11 is 0. The zero-order valence-electron chi connectivity index (χ0n) is 11.5. The highest BCUT2D eigenvalue weighted by atomic mass is 32.2. The third-order valence-electron chi connectivity index (χ3n) is 2.66. The molecule has 0 aliphatic heterocycles. The van der Waals surface area contributed by atoms with Crippen molar-refractivity contribution in [1.82, 2.24) is 4.31 Å². The van der Waals surface area contributed by atoms with Crippen molar-refractivity contribution in [3.63, 3.8) is 0 Å². The molecule has 1 rings (SSSR count). The van der Waals surface area contributed by atoms with Crippen LogP contribution in [0.3, 0.4) is 0 Å². The minimum Gasteiger partial charge on any atom is -0.369 e. The van der Waals surface area contributed by atoms with Gasteiger partial charge in [-0.05, 0) is 11.6 Å². The fourth-order valence-corrected chi connectivity index (χ4v) is 3.17. The van der Waals surface area contributed by atoms with E-state index in [1.54, 1.807) is 0 Å². The number of sulfonamides is 1. The van der Waals surface area contributed by atoms with Gasteiger partial charge in [0.2, 0.25) is 15.9 Å². The largest absolute Gasteiger partial charge is 0.416 e. The smallest absolute Gasteiger partial charge is 0.369 e. The van der Waals surface area contributed by atoms with E-state index in [1.807, 2.05) is 0 Å². The standard InChI is InChI=1S/C13H15F3N2O3S/c1-2-6-18(8-12(17)19)22(20,21)9-10-4-3-5-11(7-10)13(14,15)16/h2-5,7H,1,6,8-9H2,(H2,17,19). The number of benzene rings is 1. The lowest BCUT2D eigenvalue weighted by atomic mass is 10.1. The van der Waals surface area contributed by atoms with Crippen LogP contribution in [-0.4, -0.2) is 31.7 Å². The molecule has 9 heteroatoms. The Morgan fingerprint density at radius 2 is 2.00 bits per heavy atom. The molecule has 0 bridgehead atoms. The maximum absolute atomic E-state index is 12.6. The fraction of sp³-hybridized carbons (Fsp3) is 0.308. The van der Waals surface area contributed by atoms with Crippen molar-refractivity contribution < 1.29 is 26.4 Å². The summed E-state index contributed by atoms with van der Waals surface area (Å²) in [4.78, 5) is 10.9. The van der Waals surface area contributed by atoms with Crippen LogP contribution in [0.2, 0.25) is 0 Å². The van der Waals surface area contributed by atoms with Gasteiger partial charge in [0.15, 0.2) is 0 Å². The lowest BCUT2D eigenvalue weighted by molar-refractivity contribution is -0.137. The van der Waals surface area contributed by atoms with Gasteiger partial charge in [-0.3, -0.25) is 4.79 Å². The Morgan fingerprint density at radius 3 is 2.50 bits per heavy atom. The van der Waals surface area contributed by atoms with Gasteiger partial charge in [0.05, 0.1) is 17.9 Å². The first-order valence-corrected chi connectivity index (χ1v) is 7.70. The fourth-order valence-electron chi connectivity index (χ4n) is 1.73. The van der Waals surface area contributed by atoms with Crippen molar-refractivity contribution in [2.75, 3.05) is 13.1 Å². The molecule has 0 radical (unpaired) electrons. The quantitative estimate of drug-likeness (QED) is 0.767. The van der Waals surface area contributed by atoms with E-state index in [-0.39, 0.29) is 12.1 Å². The molecule has 1 aromatic rings. The molecule has 5 nitrogen and oxygen atoms in total. The number of rotatable bonds is 7. The number of nitrogens with two attached hydrogens (primary N) is 1. The summed E-state index contributed by atoms with van der Waals surface area (Å²) in [6.07, 6.45) is -3.31. The SMILES string of the molecule is C=CCN(CC(N)=O)S(=O)(=O)Cc1cccc(C(F)(F)F)c1. The van der Waals surface area contributed by atoms with E-state index in [1.165, 1.54) is 12.1 Å². The third kappa shape index (κ3) is 5.15. The molecule has 1 amide bonds. The van der Waals surface area contributed by atoms with Crippen molar-refractivity contribution in [2.45, 2.75) is 11.9 Å². The molecule has 0 spiro atoms. The number of carbonyl (C=O) groups excluding carboxylic acids is 1. The molecule has 122 valence electrons. The number of hydrogen-bond donors (Lipinski definition) is 1. The molecule has 0 aromatic heterocycles. The van der Waals surface area contributed by atoms with Gasteiger partial charge in [0, 0.05) is 6.54 Å². The van der Waals surface area contributed by atoms with Crippen molar-refractivity contribution in [3.8, 4) is 0 Å². The van der Waals surface area contributed by atoms with Gasteiger partial charge >= 0.3 is 6.18 Å². The molecule has 0 fully saturated rings. The van der Waals surface area contributed by atoms with Crippen molar-refractivity contribution in [2.24, 2.45) is 5.73 Å². The Labute approximate surface area is 126 Å². The Bertz CT molecular complexity index is 657. The Kier molecular flexibility index (Phi) is 5.72. The van der Waals surface area contributed by atoms with E-state index in [4.69, 9.17) is 5.73 Å². The van der Waals surface area contributed by atoms with Crippen molar-refractivity contribution >= 4 is 15.9 Å². The van der Waals surface area contributed by atoms with Crippen molar-refractivity contribution in [3.05, 3.63) is 48.0 Å². The molecule has 0 aliphatic carbocycles. The van der Waals surface area contributed by atoms with Crippen LogP contribution >= 0.6 is 0 Å². The predicted molar refractivity (Wildman–Crippen MR) is 75.0 cm³/mol. The summed E-state index contributed by atoms with van der Waals surface area (Å²) in [7, 11) is -4.00. The van der Waals surface area contributed by atoms with Crippen LogP contribution in [0.25, 0.3) is 0 Å². The summed E-state index contributed by atoms with van der Waals surface area (Å²) < 4.78 is 63.0. The molecular weight excluding hydrogens is 321 g/mol. The average Bonchev–Trinajstić information content (AvgIpc) is 2.36. The highest BCUT2D eigenvalue weighted by Crippen LogP contribution is 2.30. The zero-order chi connectivity index (χ0) is 17.0. The van der Waals surface area contributed by atoms with Crippen LogP contribution in [0, 0.1) is 0 Å². The normalized spacial score (nSPS) is 12.4. The summed E-state index contributed by atoms with van der Waals surface area (Å²) in [6.45, 7) is 2.64. The van der Waals surface area contributed by atoms with E-state index >= 15 is 0 Å². The van der Waals surface area contributed by atoms with Gasteiger partial charge < -0.3 is 5.73 Å². The zero-order valence-corrected chi connectivity index (χ0v) is 12.3. The second-order valence-electron chi connectivity index (χ2n) is 4.50. The highest BCUT2D eigenvalue weighted by molar-refractivity contribution is 7.88. The van der Waals surface area contributed by atoms with Gasteiger partial charge in [0.1, 0.15) is 0 Å². The first kappa shape index (κ1) is 18.2. The number of carbonyl (C=O) groups is 1. The van der Waals surface area contributed by atoms with Gasteiger partial charge in [-0.1, -0.05) is 24.3 Å². The Hall–Kier alpha value is -1.87. The van der Waals surface area contributed by atoms with Crippen molar-refractivity contribution in [1.29, 1.82) is 0 Å². The monoisotopic (exact) mass is 336 g/mol. The van der Waals surface area contributed by atoms with Gasteiger partial charge in [-0.15, -0.1) is 6.58 Å². The second-order valence-corrected chi connectivity index (χ2v) is 6.47. The summed E-state index contributed by atoms with van der Waals surface area (Å²) in [5.41, 5.74) is 3.99. The Balaban J connectivity index is 3.05. The van der Waals surface area contributed by atoms with Crippen LogP contribution in [0.15, 0.2) is 36.9 Å². The molecule has 22 heavy (non-hydrogen) atoms. The minimum absolute atomic E-state index is 0.0339. The second kappa shape index (κ2) is 6.93. The number of alkyl halides is 3. The lowest BCUT2D eigenvalue weighted by Crippen LogP contribution is -2.39. The molecular formula is C13H15F3N2O3S. The van der Waals surface area contributed by atoms with E-state index < -0.39 is 40.0 Å². The van der Waals surface area contributed by atoms with Gasteiger partial charge in [0.25, 0.3) is 0 Å². The highest BCUT2D eigenvalue weighted by Gasteiger charge is 2.31. The van der Waals surface area contributed by atoms with E-state index in [0.717, 1.165) is 22.5 Å². The number of nitrogens with zero attached hydrogens (tertiary/aromatic N) is 1.